The zero-order chi connectivity index (χ0) is 19.2. The smallest absolute Gasteiger partial charge is 0.409 e. The van der Waals surface area contributed by atoms with Crippen LogP contribution in [0, 0.1) is 5.82 Å². The van der Waals surface area contributed by atoms with Crippen LogP contribution in [0.1, 0.15) is 10.5 Å². The van der Waals surface area contributed by atoms with Gasteiger partial charge in [-0.3, -0.25) is 10.1 Å². The summed E-state index contributed by atoms with van der Waals surface area (Å²) in [6, 6.07) is 17.2. The maximum atomic E-state index is 13.4. The summed E-state index contributed by atoms with van der Waals surface area (Å²) in [4.78, 5) is 27.6. The molecule has 0 radical (unpaired) electrons. The van der Waals surface area contributed by atoms with Crippen molar-refractivity contribution in [2.24, 2.45) is 0 Å². The number of pyridine rings is 1. The Labute approximate surface area is 153 Å². The highest BCUT2D eigenvalue weighted by atomic mass is 19.1. The molecule has 0 bridgehead atoms. The average Bonchev–Trinajstić information content (AvgIpc) is 2.62. The van der Waals surface area contributed by atoms with Crippen molar-refractivity contribution >= 4 is 34.9 Å². The van der Waals surface area contributed by atoms with Crippen LogP contribution in [-0.2, 0) is 0 Å². The summed E-state index contributed by atoms with van der Waals surface area (Å²) in [5.74, 6) is -0.774. The second-order valence-electron chi connectivity index (χ2n) is 5.51. The highest BCUT2D eigenvalue weighted by molar-refractivity contribution is 6.04. The maximum absolute atomic E-state index is 13.4. The van der Waals surface area contributed by atoms with E-state index in [1.54, 1.807) is 30.3 Å². The molecule has 27 heavy (non-hydrogen) atoms. The quantitative estimate of drug-likeness (QED) is 0.539. The number of carbonyl (C=O) groups is 2. The fourth-order valence-electron chi connectivity index (χ4n) is 2.34. The van der Waals surface area contributed by atoms with Crippen LogP contribution in [0.4, 0.5) is 32.1 Å². The minimum absolute atomic E-state index is 0.0102. The number of benzene rings is 2. The van der Waals surface area contributed by atoms with Crippen LogP contribution >= 0.6 is 0 Å². The minimum atomic E-state index is -1.28. The zero-order valence-electron chi connectivity index (χ0n) is 13.9. The lowest BCUT2D eigenvalue weighted by Crippen LogP contribution is -2.16. The van der Waals surface area contributed by atoms with Crippen molar-refractivity contribution in [2.45, 2.75) is 0 Å². The molecule has 7 nitrogen and oxygen atoms in total. The molecule has 3 rings (SSSR count). The van der Waals surface area contributed by atoms with Gasteiger partial charge >= 0.3 is 6.09 Å². The zero-order valence-corrected chi connectivity index (χ0v) is 13.9. The van der Waals surface area contributed by atoms with Gasteiger partial charge in [0.15, 0.2) is 0 Å². The van der Waals surface area contributed by atoms with Gasteiger partial charge < -0.3 is 15.7 Å². The van der Waals surface area contributed by atoms with E-state index in [0.29, 0.717) is 11.4 Å². The molecule has 0 aliphatic heterocycles. The summed E-state index contributed by atoms with van der Waals surface area (Å²) >= 11 is 0. The van der Waals surface area contributed by atoms with E-state index in [1.807, 2.05) is 6.07 Å². The van der Waals surface area contributed by atoms with Crippen LogP contribution in [-0.4, -0.2) is 22.1 Å². The molecule has 1 aromatic heterocycles. The van der Waals surface area contributed by atoms with Crippen molar-refractivity contribution in [3.63, 3.8) is 0 Å². The van der Waals surface area contributed by atoms with Crippen LogP contribution in [0.25, 0.3) is 0 Å². The molecular weight excluding hydrogens is 351 g/mol. The molecule has 0 spiro atoms. The third kappa shape index (κ3) is 5.02. The van der Waals surface area contributed by atoms with E-state index < -0.39 is 17.8 Å². The first-order valence-corrected chi connectivity index (χ1v) is 7.90. The number of hydrogen-bond acceptors (Lipinski definition) is 4. The van der Waals surface area contributed by atoms with Gasteiger partial charge in [0.1, 0.15) is 17.3 Å². The molecule has 1 heterocycles. The van der Waals surface area contributed by atoms with E-state index in [1.165, 1.54) is 30.3 Å². The van der Waals surface area contributed by atoms with Crippen LogP contribution in [0.3, 0.4) is 0 Å². The van der Waals surface area contributed by atoms with Gasteiger partial charge in [-0.25, -0.2) is 14.2 Å². The van der Waals surface area contributed by atoms with Gasteiger partial charge in [0.05, 0.1) is 5.69 Å². The van der Waals surface area contributed by atoms with Gasteiger partial charge in [-0.1, -0.05) is 24.3 Å². The lowest BCUT2D eigenvalue weighted by molar-refractivity contribution is 0.102. The largest absolute Gasteiger partial charge is 0.465 e. The normalized spacial score (nSPS) is 10.1. The lowest BCUT2D eigenvalue weighted by atomic mass is 10.2. The molecule has 0 aliphatic carbocycles. The van der Waals surface area contributed by atoms with E-state index in [-0.39, 0.29) is 17.2 Å². The molecule has 0 unspecified atom stereocenters. The molecule has 4 N–H and O–H groups in total. The summed E-state index contributed by atoms with van der Waals surface area (Å²) in [6.07, 6.45) is -1.28. The van der Waals surface area contributed by atoms with Crippen molar-refractivity contribution < 1.29 is 19.1 Å². The summed E-state index contributed by atoms with van der Waals surface area (Å²) < 4.78 is 13.4. The second kappa shape index (κ2) is 7.96. The second-order valence-corrected chi connectivity index (χ2v) is 5.51. The first-order valence-electron chi connectivity index (χ1n) is 7.90. The maximum Gasteiger partial charge on any atom is 0.409 e. The minimum Gasteiger partial charge on any atom is -0.465 e. The molecule has 2 amide bonds. The molecule has 3 aromatic rings. The number of para-hydroxylation sites is 1. The van der Waals surface area contributed by atoms with Gasteiger partial charge in [0, 0.05) is 17.4 Å². The Bertz CT molecular complexity index is 980. The number of aromatic nitrogens is 1. The Morgan fingerprint density at radius 1 is 0.852 bits per heavy atom. The topological polar surface area (TPSA) is 103 Å². The van der Waals surface area contributed by atoms with Crippen LogP contribution in [0.2, 0.25) is 0 Å². The predicted octanol–water partition coefficient (Wildman–Crippen LogP) is 4.31. The van der Waals surface area contributed by atoms with Gasteiger partial charge in [-0.15, -0.1) is 0 Å². The number of nitrogens with one attached hydrogen (secondary N) is 3. The van der Waals surface area contributed by atoms with Crippen molar-refractivity contribution in [1.82, 2.24) is 4.98 Å². The number of nitrogens with zero attached hydrogens (tertiary/aromatic N) is 1. The molecule has 0 saturated heterocycles. The number of rotatable bonds is 5. The number of hydrogen-bond donors (Lipinski definition) is 4. The highest BCUT2D eigenvalue weighted by Crippen LogP contribution is 2.21. The monoisotopic (exact) mass is 366 g/mol. The number of carbonyl (C=O) groups excluding carboxylic acids is 1. The number of amides is 2. The molecule has 0 saturated carbocycles. The number of carboxylic acid groups (broad SMARTS) is 1. The predicted molar refractivity (Wildman–Crippen MR) is 100.0 cm³/mol. The Hall–Kier alpha value is -3.94. The van der Waals surface area contributed by atoms with Crippen LogP contribution in [0.15, 0.2) is 66.7 Å². The summed E-state index contributed by atoms with van der Waals surface area (Å²) in [7, 11) is 0. The number of anilines is 4. The first-order chi connectivity index (χ1) is 13.0. The molecule has 8 heteroatoms. The fraction of sp³-hybridized carbons (Fsp3) is 0. The van der Waals surface area contributed by atoms with Gasteiger partial charge in [-0.05, 0) is 36.4 Å². The van der Waals surface area contributed by atoms with E-state index in [9.17, 15) is 14.0 Å². The standard InChI is InChI=1S/C19H15FN4O3/c20-12-5-4-8-14(9-12)21-17-11-15(23-19(26)27)10-16(24-17)18(25)22-13-6-2-1-3-7-13/h1-11H,(H,22,25)(H,26,27)(H2,21,23,24). The lowest BCUT2D eigenvalue weighted by Gasteiger charge is -2.11. The summed E-state index contributed by atoms with van der Waals surface area (Å²) in [6.45, 7) is 0. The third-order valence-electron chi connectivity index (χ3n) is 3.44. The molecular formula is C19H15FN4O3. The van der Waals surface area contributed by atoms with Crippen molar-refractivity contribution in [1.29, 1.82) is 0 Å². The van der Waals surface area contributed by atoms with E-state index in [4.69, 9.17) is 5.11 Å². The SMILES string of the molecule is O=C(O)Nc1cc(Nc2cccc(F)c2)nc(C(=O)Nc2ccccc2)c1. The summed E-state index contributed by atoms with van der Waals surface area (Å²) in [5, 5.41) is 16.7. The highest BCUT2D eigenvalue weighted by Gasteiger charge is 2.13. The Balaban J connectivity index is 1.90. The molecule has 0 atom stereocenters. The molecule has 136 valence electrons. The van der Waals surface area contributed by atoms with E-state index in [2.05, 4.69) is 20.9 Å². The van der Waals surface area contributed by atoms with E-state index >= 15 is 0 Å². The van der Waals surface area contributed by atoms with Gasteiger partial charge in [0.2, 0.25) is 0 Å². The Morgan fingerprint density at radius 2 is 1.59 bits per heavy atom. The Kier molecular flexibility index (Phi) is 5.27. The fourth-order valence-corrected chi connectivity index (χ4v) is 2.34. The third-order valence-corrected chi connectivity index (χ3v) is 3.44. The Morgan fingerprint density at radius 3 is 2.30 bits per heavy atom. The van der Waals surface area contributed by atoms with E-state index in [0.717, 1.165) is 0 Å². The molecule has 2 aromatic carbocycles. The number of halogens is 1. The van der Waals surface area contributed by atoms with Crippen molar-refractivity contribution in [3.8, 4) is 0 Å². The molecule has 0 aliphatic rings. The summed E-state index contributed by atoms with van der Waals surface area (Å²) in [5.41, 5.74) is 1.11. The first kappa shape index (κ1) is 17.9. The van der Waals surface area contributed by atoms with Crippen molar-refractivity contribution in [3.05, 3.63) is 78.2 Å². The van der Waals surface area contributed by atoms with Gasteiger partial charge in [0.25, 0.3) is 5.91 Å². The van der Waals surface area contributed by atoms with Gasteiger partial charge in [-0.2, -0.15) is 0 Å². The average molecular weight is 366 g/mol. The van der Waals surface area contributed by atoms with Crippen molar-refractivity contribution in [2.75, 3.05) is 16.0 Å². The van der Waals surface area contributed by atoms with Crippen LogP contribution in [0.5, 0.6) is 0 Å². The molecule has 0 fully saturated rings. The van der Waals surface area contributed by atoms with Crippen LogP contribution < -0.4 is 16.0 Å².